The minimum atomic E-state index is -0.120. The Morgan fingerprint density at radius 1 is 1.24 bits per heavy atom. The molecule has 86 valence electrons. The number of rotatable bonds is 3. The topological polar surface area (TPSA) is 84.9 Å². The number of nitrogens with two attached hydrogens (primary N) is 1. The summed E-state index contributed by atoms with van der Waals surface area (Å²) in [6, 6.07) is 7.43. The summed E-state index contributed by atoms with van der Waals surface area (Å²) in [6.45, 7) is 0. The van der Waals surface area contributed by atoms with E-state index in [2.05, 4.69) is 25.9 Å². The van der Waals surface area contributed by atoms with Gasteiger partial charge >= 0.3 is 0 Å². The van der Waals surface area contributed by atoms with Crippen LogP contribution >= 0.6 is 15.9 Å². The van der Waals surface area contributed by atoms with Gasteiger partial charge in [-0.1, -0.05) is 12.1 Å². The van der Waals surface area contributed by atoms with E-state index in [0.717, 1.165) is 4.47 Å². The molecule has 0 aliphatic rings. The van der Waals surface area contributed by atoms with Crippen LogP contribution in [0.1, 0.15) is 5.69 Å². The Bertz CT molecular complexity index is 541. The van der Waals surface area contributed by atoms with Gasteiger partial charge in [-0.2, -0.15) is 0 Å². The predicted molar refractivity (Wildman–Crippen MR) is 67.3 cm³/mol. The molecule has 0 unspecified atom stereocenters. The Labute approximate surface area is 106 Å². The van der Waals surface area contributed by atoms with E-state index in [1.807, 2.05) is 24.3 Å². The summed E-state index contributed by atoms with van der Waals surface area (Å²) in [4.78, 5) is 7.96. The van der Waals surface area contributed by atoms with Crippen molar-refractivity contribution in [3.63, 3.8) is 0 Å². The maximum absolute atomic E-state index is 7.19. The van der Waals surface area contributed by atoms with Crippen molar-refractivity contribution in [3.05, 3.63) is 46.8 Å². The number of nitrogens with zero attached hydrogens (tertiary/aromatic N) is 2. The van der Waals surface area contributed by atoms with Crippen molar-refractivity contribution in [1.82, 2.24) is 9.97 Å². The molecule has 2 aromatic rings. The molecule has 0 atom stereocenters. The fraction of sp³-hybridized carbons (Fsp3) is 0. The molecule has 2 rings (SSSR count). The minimum absolute atomic E-state index is 0.120. The minimum Gasteiger partial charge on any atom is -0.436 e. The van der Waals surface area contributed by atoms with Gasteiger partial charge < -0.3 is 10.5 Å². The summed E-state index contributed by atoms with van der Waals surface area (Å²) in [7, 11) is 0. The van der Waals surface area contributed by atoms with Crippen LogP contribution in [-0.2, 0) is 0 Å². The number of amidine groups is 1. The van der Waals surface area contributed by atoms with Crippen LogP contribution in [0.4, 0.5) is 0 Å². The number of ether oxygens (including phenoxy) is 1. The van der Waals surface area contributed by atoms with Crippen LogP contribution in [0.5, 0.6) is 11.6 Å². The van der Waals surface area contributed by atoms with E-state index >= 15 is 0 Å². The lowest BCUT2D eigenvalue weighted by Gasteiger charge is -2.06. The first-order chi connectivity index (χ1) is 8.16. The molecular formula is C11H9BrN4O. The van der Waals surface area contributed by atoms with Gasteiger partial charge in [0.2, 0.25) is 5.88 Å². The number of benzene rings is 1. The number of para-hydroxylation sites is 1. The maximum Gasteiger partial charge on any atom is 0.237 e. The molecule has 0 spiro atoms. The van der Waals surface area contributed by atoms with E-state index in [1.54, 1.807) is 0 Å². The Morgan fingerprint density at radius 3 is 2.59 bits per heavy atom. The van der Waals surface area contributed by atoms with E-state index in [-0.39, 0.29) is 5.84 Å². The zero-order valence-electron chi connectivity index (χ0n) is 8.72. The first-order valence-corrected chi connectivity index (χ1v) is 5.55. The standard InChI is InChI=1S/C11H9BrN4O/c12-7-3-1-2-4-9(7)17-10-6-15-8(5-16-10)11(13)14/h1-6H,(H3,13,14). The molecule has 1 aromatic carbocycles. The average molecular weight is 293 g/mol. The van der Waals surface area contributed by atoms with Gasteiger partial charge in [0.25, 0.3) is 0 Å². The molecule has 17 heavy (non-hydrogen) atoms. The van der Waals surface area contributed by atoms with Crippen molar-refractivity contribution in [2.24, 2.45) is 5.73 Å². The van der Waals surface area contributed by atoms with Crippen molar-refractivity contribution < 1.29 is 4.74 Å². The molecule has 0 fully saturated rings. The van der Waals surface area contributed by atoms with Gasteiger partial charge in [-0.15, -0.1) is 0 Å². The molecular weight excluding hydrogens is 284 g/mol. The van der Waals surface area contributed by atoms with Crippen LogP contribution in [0.3, 0.4) is 0 Å². The summed E-state index contributed by atoms with van der Waals surface area (Å²) in [5.74, 6) is 0.879. The largest absolute Gasteiger partial charge is 0.436 e. The molecule has 6 heteroatoms. The quantitative estimate of drug-likeness (QED) is 0.671. The highest BCUT2D eigenvalue weighted by Crippen LogP contribution is 2.27. The van der Waals surface area contributed by atoms with Gasteiger partial charge in [-0.3, -0.25) is 5.41 Å². The molecule has 0 bridgehead atoms. The molecule has 0 radical (unpaired) electrons. The van der Waals surface area contributed by atoms with Gasteiger partial charge in [-0.25, -0.2) is 9.97 Å². The highest BCUT2D eigenvalue weighted by Gasteiger charge is 2.04. The second-order valence-corrected chi connectivity index (χ2v) is 4.04. The van der Waals surface area contributed by atoms with Gasteiger partial charge in [0.15, 0.2) is 0 Å². The first kappa shape index (κ1) is 11.5. The zero-order valence-corrected chi connectivity index (χ0v) is 10.3. The molecule has 1 aromatic heterocycles. The summed E-state index contributed by atoms with van der Waals surface area (Å²) >= 11 is 3.36. The Balaban J connectivity index is 2.20. The van der Waals surface area contributed by atoms with Crippen molar-refractivity contribution in [1.29, 1.82) is 5.41 Å². The van der Waals surface area contributed by atoms with Crippen molar-refractivity contribution >= 4 is 21.8 Å². The summed E-state index contributed by atoms with van der Waals surface area (Å²) in [6.07, 6.45) is 2.82. The lowest BCUT2D eigenvalue weighted by atomic mass is 10.3. The number of nitrogens with one attached hydrogen (secondary N) is 1. The van der Waals surface area contributed by atoms with Crippen LogP contribution in [0, 0.1) is 5.41 Å². The Hall–Kier alpha value is -1.95. The lowest BCUT2D eigenvalue weighted by Crippen LogP contribution is -2.13. The molecule has 5 nitrogen and oxygen atoms in total. The molecule has 0 aliphatic carbocycles. The van der Waals surface area contributed by atoms with Crippen molar-refractivity contribution in [2.45, 2.75) is 0 Å². The second-order valence-electron chi connectivity index (χ2n) is 3.19. The van der Waals surface area contributed by atoms with Gasteiger partial charge in [0.05, 0.1) is 16.9 Å². The second kappa shape index (κ2) is 4.92. The Kier molecular flexibility index (Phi) is 3.34. The predicted octanol–water partition coefficient (Wildman–Crippen LogP) is 2.32. The summed E-state index contributed by atoms with van der Waals surface area (Å²) in [5, 5.41) is 7.19. The molecule has 3 N–H and O–H groups in total. The summed E-state index contributed by atoms with van der Waals surface area (Å²) in [5.41, 5.74) is 5.60. The fourth-order valence-corrected chi connectivity index (χ4v) is 1.51. The van der Waals surface area contributed by atoms with E-state index in [0.29, 0.717) is 17.3 Å². The highest BCUT2D eigenvalue weighted by atomic mass is 79.9. The normalized spacial score (nSPS) is 9.94. The molecule has 0 saturated carbocycles. The highest BCUT2D eigenvalue weighted by molar-refractivity contribution is 9.10. The maximum atomic E-state index is 7.19. The molecule has 0 amide bonds. The van der Waals surface area contributed by atoms with Gasteiger partial charge in [-0.05, 0) is 28.1 Å². The van der Waals surface area contributed by atoms with E-state index in [4.69, 9.17) is 15.9 Å². The number of halogens is 1. The fourth-order valence-electron chi connectivity index (χ4n) is 1.15. The van der Waals surface area contributed by atoms with E-state index in [1.165, 1.54) is 12.4 Å². The smallest absolute Gasteiger partial charge is 0.237 e. The van der Waals surface area contributed by atoms with E-state index < -0.39 is 0 Å². The molecule has 0 aliphatic heterocycles. The lowest BCUT2D eigenvalue weighted by molar-refractivity contribution is 0.457. The van der Waals surface area contributed by atoms with Crippen molar-refractivity contribution in [3.8, 4) is 11.6 Å². The zero-order chi connectivity index (χ0) is 12.3. The van der Waals surface area contributed by atoms with Crippen LogP contribution in [0.25, 0.3) is 0 Å². The number of hydrogen-bond donors (Lipinski definition) is 2. The third-order valence-corrected chi connectivity index (χ3v) is 2.61. The number of nitrogen functional groups attached to an aromatic ring is 1. The van der Waals surface area contributed by atoms with Gasteiger partial charge in [0.1, 0.15) is 17.3 Å². The average Bonchev–Trinajstić information content (AvgIpc) is 2.33. The van der Waals surface area contributed by atoms with Crippen LogP contribution < -0.4 is 10.5 Å². The molecule has 0 saturated heterocycles. The monoisotopic (exact) mass is 292 g/mol. The third-order valence-electron chi connectivity index (χ3n) is 1.96. The van der Waals surface area contributed by atoms with Crippen molar-refractivity contribution in [2.75, 3.05) is 0 Å². The van der Waals surface area contributed by atoms with Gasteiger partial charge in [0, 0.05) is 0 Å². The Morgan fingerprint density at radius 2 is 2.00 bits per heavy atom. The number of hydrogen-bond acceptors (Lipinski definition) is 4. The van der Waals surface area contributed by atoms with E-state index in [9.17, 15) is 0 Å². The SMILES string of the molecule is N=C(N)c1cnc(Oc2ccccc2Br)cn1. The number of aromatic nitrogens is 2. The van der Waals surface area contributed by atoms with Crippen LogP contribution in [0.15, 0.2) is 41.1 Å². The van der Waals surface area contributed by atoms with Crippen LogP contribution in [0.2, 0.25) is 0 Å². The third kappa shape index (κ3) is 2.79. The molecule has 1 heterocycles. The summed E-state index contributed by atoms with van der Waals surface area (Å²) < 4.78 is 6.34. The first-order valence-electron chi connectivity index (χ1n) is 4.75. The van der Waals surface area contributed by atoms with Crippen LogP contribution in [-0.4, -0.2) is 15.8 Å².